The van der Waals surface area contributed by atoms with Gasteiger partial charge in [-0.15, -0.1) is 0 Å². The van der Waals surface area contributed by atoms with Crippen molar-refractivity contribution in [3.8, 4) is 0 Å². The summed E-state index contributed by atoms with van der Waals surface area (Å²) in [6.45, 7) is 2.27. The first-order chi connectivity index (χ1) is 8.08. The second-order valence-corrected chi connectivity index (χ2v) is 5.75. The van der Waals surface area contributed by atoms with E-state index in [-0.39, 0.29) is 5.91 Å². The predicted octanol–water partition coefficient (Wildman–Crippen LogP) is 2.49. The van der Waals surface area contributed by atoms with Crippen molar-refractivity contribution in [1.82, 2.24) is 15.1 Å². The number of halogens is 1. The highest BCUT2D eigenvalue weighted by Gasteiger charge is 2.22. The molecule has 1 saturated carbocycles. The number of nitrogens with zero attached hydrogens (tertiary/aromatic N) is 2. The Morgan fingerprint density at radius 3 is 2.65 bits per heavy atom. The lowest BCUT2D eigenvalue weighted by molar-refractivity contribution is 0.0912. The largest absolute Gasteiger partial charge is 0.348 e. The number of aromatic nitrogens is 2. The predicted molar refractivity (Wildman–Crippen MR) is 69.8 cm³/mol. The Morgan fingerprint density at radius 1 is 1.47 bits per heavy atom. The maximum Gasteiger partial charge on any atom is 0.270 e. The van der Waals surface area contributed by atoms with Gasteiger partial charge in [-0.1, -0.05) is 6.92 Å². The molecule has 0 saturated heterocycles. The van der Waals surface area contributed by atoms with Gasteiger partial charge in [-0.2, -0.15) is 5.10 Å². The third-order valence-corrected chi connectivity index (χ3v) is 4.04. The smallest absolute Gasteiger partial charge is 0.270 e. The van der Waals surface area contributed by atoms with E-state index in [1.54, 1.807) is 17.9 Å². The van der Waals surface area contributed by atoms with Crippen molar-refractivity contribution in [3.63, 3.8) is 0 Å². The second kappa shape index (κ2) is 5.21. The molecule has 1 fully saturated rings. The fourth-order valence-corrected chi connectivity index (χ4v) is 2.85. The van der Waals surface area contributed by atoms with Gasteiger partial charge in [0.1, 0.15) is 5.69 Å². The van der Waals surface area contributed by atoms with Gasteiger partial charge in [0.25, 0.3) is 5.91 Å². The zero-order chi connectivity index (χ0) is 12.4. The molecule has 1 aliphatic rings. The molecular weight excluding hydrogens is 282 g/mol. The van der Waals surface area contributed by atoms with Crippen molar-refractivity contribution < 1.29 is 4.79 Å². The first-order valence-corrected chi connectivity index (χ1v) is 6.85. The van der Waals surface area contributed by atoms with Gasteiger partial charge in [0.15, 0.2) is 0 Å². The summed E-state index contributed by atoms with van der Waals surface area (Å²) in [5.41, 5.74) is 0.601. The quantitative estimate of drug-likeness (QED) is 0.912. The minimum absolute atomic E-state index is 0.0311. The van der Waals surface area contributed by atoms with Crippen LogP contribution in [0.4, 0.5) is 0 Å². The molecule has 94 valence electrons. The number of amides is 1. The SMILES string of the molecule is CC1CCC(NC(=O)c2c(Br)cnn2C)CC1. The first-order valence-electron chi connectivity index (χ1n) is 6.06. The lowest BCUT2D eigenvalue weighted by Gasteiger charge is -2.26. The molecule has 0 bridgehead atoms. The van der Waals surface area contributed by atoms with Crippen LogP contribution in [0.5, 0.6) is 0 Å². The summed E-state index contributed by atoms with van der Waals surface area (Å²) >= 11 is 3.35. The monoisotopic (exact) mass is 299 g/mol. The number of hydrogen-bond donors (Lipinski definition) is 1. The normalized spacial score (nSPS) is 24.6. The van der Waals surface area contributed by atoms with Crippen molar-refractivity contribution in [3.05, 3.63) is 16.4 Å². The molecule has 0 radical (unpaired) electrons. The molecule has 0 aliphatic heterocycles. The molecule has 0 unspecified atom stereocenters. The molecule has 1 aromatic rings. The van der Waals surface area contributed by atoms with Crippen molar-refractivity contribution in [2.75, 3.05) is 0 Å². The summed E-state index contributed by atoms with van der Waals surface area (Å²) in [5.74, 6) is 0.767. The number of nitrogens with one attached hydrogen (secondary N) is 1. The number of aryl methyl sites for hydroxylation is 1. The minimum atomic E-state index is -0.0311. The highest BCUT2D eigenvalue weighted by molar-refractivity contribution is 9.10. The van der Waals surface area contributed by atoms with Crippen LogP contribution in [0.1, 0.15) is 43.1 Å². The van der Waals surface area contributed by atoms with Crippen molar-refractivity contribution in [1.29, 1.82) is 0 Å². The van der Waals surface area contributed by atoms with Crippen LogP contribution in [-0.4, -0.2) is 21.7 Å². The topological polar surface area (TPSA) is 46.9 Å². The molecule has 2 rings (SSSR count). The summed E-state index contributed by atoms with van der Waals surface area (Å²) in [7, 11) is 1.78. The van der Waals surface area contributed by atoms with Crippen LogP contribution in [0.15, 0.2) is 10.7 Å². The molecule has 1 heterocycles. The molecule has 0 spiro atoms. The van der Waals surface area contributed by atoms with Gasteiger partial charge in [-0.3, -0.25) is 9.48 Å². The van der Waals surface area contributed by atoms with E-state index in [4.69, 9.17) is 0 Å². The Morgan fingerprint density at radius 2 is 2.12 bits per heavy atom. The van der Waals surface area contributed by atoms with Gasteiger partial charge in [0, 0.05) is 13.1 Å². The fourth-order valence-electron chi connectivity index (χ4n) is 2.32. The average Bonchev–Trinajstić information content (AvgIpc) is 2.62. The third-order valence-electron chi connectivity index (χ3n) is 3.46. The van der Waals surface area contributed by atoms with E-state index in [0.29, 0.717) is 11.7 Å². The number of hydrogen-bond acceptors (Lipinski definition) is 2. The van der Waals surface area contributed by atoms with Gasteiger partial charge in [-0.25, -0.2) is 0 Å². The van der Waals surface area contributed by atoms with E-state index in [0.717, 1.165) is 23.2 Å². The van der Waals surface area contributed by atoms with Crippen molar-refractivity contribution >= 4 is 21.8 Å². The van der Waals surface area contributed by atoms with Crippen molar-refractivity contribution in [2.45, 2.75) is 38.6 Å². The summed E-state index contributed by atoms with van der Waals surface area (Å²) in [6, 6.07) is 0.320. The molecule has 1 aromatic heterocycles. The Bertz CT molecular complexity index is 388. The van der Waals surface area contributed by atoms with Crippen LogP contribution in [0.2, 0.25) is 0 Å². The van der Waals surface area contributed by atoms with E-state index in [9.17, 15) is 4.79 Å². The van der Waals surface area contributed by atoms with Crippen LogP contribution in [0.3, 0.4) is 0 Å². The lowest BCUT2D eigenvalue weighted by atomic mass is 9.87. The summed E-state index contributed by atoms with van der Waals surface area (Å²) < 4.78 is 2.35. The maximum absolute atomic E-state index is 12.1. The summed E-state index contributed by atoms with van der Waals surface area (Å²) in [4.78, 5) is 12.1. The molecule has 0 aromatic carbocycles. The van der Waals surface area contributed by atoms with Crippen LogP contribution in [0, 0.1) is 5.92 Å². The first kappa shape index (κ1) is 12.6. The summed E-state index contributed by atoms with van der Waals surface area (Å²) in [5, 5.41) is 7.15. The maximum atomic E-state index is 12.1. The molecule has 17 heavy (non-hydrogen) atoms. The standard InChI is InChI=1S/C12H18BrN3O/c1-8-3-5-9(6-4-8)15-12(17)11-10(13)7-14-16(11)2/h7-9H,3-6H2,1-2H3,(H,15,17). The molecule has 1 N–H and O–H groups in total. The van der Waals surface area contributed by atoms with E-state index < -0.39 is 0 Å². The highest BCUT2D eigenvalue weighted by atomic mass is 79.9. The Hall–Kier alpha value is -0.840. The minimum Gasteiger partial charge on any atom is -0.348 e. The molecule has 1 amide bonds. The van der Waals surface area contributed by atoms with E-state index in [2.05, 4.69) is 33.3 Å². The Kier molecular flexibility index (Phi) is 3.86. The molecular formula is C12H18BrN3O. The van der Waals surface area contributed by atoms with Gasteiger partial charge in [0.05, 0.1) is 10.7 Å². The van der Waals surface area contributed by atoms with Gasteiger partial charge in [-0.05, 0) is 47.5 Å². The van der Waals surface area contributed by atoms with Crippen LogP contribution >= 0.6 is 15.9 Å². The summed E-state index contributed by atoms with van der Waals surface area (Å²) in [6.07, 6.45) is 6.23. The van der Waals surface area contributed by atoms with E-state index in [1.807, 2.05) is 0 Å². The number of carbonyl (C=O) groups is 1. The molecule has 1 aliphatic carbocycles. The van der Waals surface area contributed by atoms with Crippen LogP contribution < -0.4 is 5.32 Å². The molecule has 5 heteroatoms. The number of rotatable bonds is 2. The van der Waals surface area contributed by atoms with Gasteiger partial charge >= 0.3 is 0 Å². The van der Waals surface area contributed by atoms with E-state index in [1.165, 1.54) is 12.8 Å². The molecule has 0 atom stereocenters. The average molecular weight is 300 g/mol. The fraction of sp³-hybridized carbons (Fsp3) is 0.667. The Labute approximate surface area is 110 Å². The third kappa shape index (κ3) is 2.89. The number of carbonyl (C=O) groups excluding carboxylic acids is 1. The second-order valence-electron chi connectivity index (χ2n) is 4.89. The zero-order valence-electron chi connectivity index (χ0n) is 10.2. The van der Waals surface area contributed by atoms with E-state index >= 15 is 0 Å². The molecule has 4 nitrogen and oxygen atoms in total. The lowest BCUT2D eigenvalue weighted by Crippen LogP contribution is -2.38. The van der Waals surface area contributed by atoms with Gasteiger partial charge in [0.2, 0.25) is 0 Å². The highest BCUT2D eigenvalue weighted by Crippen LogP contribution is 2.24. The zero-order valence-corrected chi connectivity index (χ0v) is 11.8. The van der Waals surface area contributed by atoms with Gasteiger partial charge < -0.3 is 5.32 Å². The van der Waals surface area contributed by atoms with Crippen molar-refractivity contribution in [2.24, 2.45) is 13.0 Å². The Balaban J connectivity index is 1.98. The van der Waals surface area contributed by atoms with Crippen LogP contribution in [0.25, 0.3) is 0 Å². The van der Waals surface area contributed by atoms with Crippen LogP contribution in [-0.2, 0) is 7.05 Å².